The molecule has 1 fully saturated rings. The molecule has 0 aliphatic heterocycles. The fourth-order valence-electron chi connectivity index (χ4n) is 2.12. The molecule has 0 N–H and O–H groups in total. The van der Waals surface area contributed by atoms with Crippen LogP contribution in [0.2, 0.25) is 0 Å². The van der Waals surface area contributed by atoms with Gasteiger partial charge in [-0.1, -0.05) is 20.3 Å². The van der Waals surface area contributed by atoms with E-state index in [0.717, 1.165) is 6.54 Å². The topological polar surface area (TPSA) is 26.9 Å². The number of rotatable bonds is 5. The van der Waals surface area contributed by atoms with E-state index in [-0.39, 0.29) is 5.69 Å². The zero-order valence-corrected chi connectivity index (χ0v) is 9.65. The quantitative estimate of drug-likeness (QED) is 0.730. The molecule has 1 aliphatic carbocycles. The molecular weight excluding hydrogens is 188 g/mol. The van der Waals surface area contributed by atoms with E-state index < -0.39 is 0 Å². The molecule has 0 radical (unpaired) electrons. The van der Waals surface area contributed by atoms with Crippen LogP contribution >= 0.6 is 0 Å². The van der Waals surface area contributed by atoms with Crippen molar-refractivity contribution in [3.63, 3.8) is 0 Å². The summed E-state index contributed by atoms with van der Waals surface area (Å²) in [6.07, 6.45) is 8.62. The van der Waals surface area contributed by atoms with Crippen LogP contribution in [0.4, 0.5) is 0 Å². The number of nitrogens with zero attached hydrogens (tertiary/aromatic N) is 2. The molecule has 0 bridgehead atoms. The average molecular weight is 208 g/mol. The third kappa shape index (κ3) is 2.33. The van der Waals surface area contributed by atoms with E-state index >= 15 is 0 Å². The lowest BCUT2D eigenvalue weighted by Gasteiger charge is -2.09. The molecule has 1 aromatic rings. The summed E-state index contributed by atoms with van der Waals surface area (Å²) in [7, 11) is 0. The van der Waals surface area contributed by atoms with Gasteiger partial charge in [-0.15, -0.1) is 0 Å². The first kappa shape index (κ1) is 10.5. The Morgan fingerprint density at radius 3 is 2.80 bits per heavy atom. The third-order valence-electron chi connectivity index (χ3n) is 3.10. The molecular formula is C12H20N2O. The van der Waals surface area contributed by atoms with Gasteiger partial charge in [-0.25, -0.2) is 4.79 Å². The highest BCUT2D eigenvalue weighted by Gasteiger charge is 2.25. The second kappa shape index (κ2) is 4.25. The van der Waals surface area contributed by atoms with Gasteiger partial charge in [0.25, 0.3) is 0 Å². The van der Waals surface area contributed by atoms with Crippen molar-refractivity contribution in [1.29, 1.82) is 0 Å². The van der Waals surface area contributed by atoms with E-state index in [9.17, 15) is 4.79 Å². The number of hydrogen-bond donors (Lipinski definition) is 0. The minimum Gasteiger partial charge on any atom is -0.299 e. The molecule has 0 aromatic carbocycles. The lowest BCUT2D eigenvalue weighted by molar-refractivity contribution is 0.434. The van der Waals surface area contributed by atoms with Gasteiger partial charge in [0, 0.05) is 25.0 Å². The molecule has 2 rings (SSSR count). The highest BCUT2D eigenvalue weighted by Crippen LogP contribution is 2.33. The van der Waals surface area contributed by atoms with Gasteiger partial charge in [-0.2, -0.15) is 0 Å². The smallest absolute Gasteiger partial charge is 0.299 e. The molecule has 0 amide bonds. The van der Waals surface area contributed by atoms with Crippen molar-refractivity contribution in [1.82, 2.24) is 9.13 Å². The summed E-state index contributed by atoms with van der Waals surface area (Å²) < 4.78 is 3.75. The van der Waals surface area contributed by atoms with Crippen LogP contribution in [-0.2, 0) is 6.54 Å². The van der Waals surface area contributed by atoms with Crippen molar-refractivity contribution < 1.29 is 0 Å². The molecule has 1 atom stereocenters. The van der Waals surface area contributed by atoms with E-state index in [0.29, 0.717) is 12.0 Å². The molecule has 0 spiro atoms. The van der Waals surface area contributed by atoms with E-state index in [1.165, 1.54) is 25.7 Å². The Kier molecular flexibility index (Phi) is 2.98. The van der Waals surface area contributed by atoms with Gasteiger partial charge in [-0.05, 0) is 25.2 Å². The fraction of sp³-hybridized carbons (Fsp3) is 0.750. The minimum absolute atomic E-state index is 0.181. The number of aromatic nitrogens is 2. The lowest BCUT2D eigenvalue weighted by Crippen LogP contribution is -2.25. The molecule has 84 valence electrons. The Hall–Kier alpha value is -0.990. The lowest BCUT2D eigenvalue weighted by atomic mass is 10.1. The zero-order valence-electron chi connectivity index (χ0n) is 9.65. The van der Waals surface area contributed by atoms with Gasteiger partial charge >= 0.3 is 5.69 Å². The largest absolute Gasteiger partial charge is 0.328 e. The summed E-state index contributed by atoms with van der Waals surface area (Å²) >= 11 is 0. The maximum Gasteiger partial charge on any atom is 0.328 e. The summed E-state index contributed by atoms with van der Waals surface area (Å²) in [5.41, 5.74) is 0.181. The van der Waals surface area contributed by atoms with Crippen LogP contribution < -0.4 is 5.69 Å². The van der Waals surface area contributed by atoms with Crippen molar-refractivity contribution in [2.75, 3.05) is 0 Å². The first-order valence-electron chi connectivity index (χ1n) is 5.99. The first-order chi connectivity index (χ1) is 7.22. The second-order valence-electron chi connectivity index (χ2n) is 4.77. The first-order valence-corrected chi connectivity index (χ1v) is 5.99. The van der Waals surface area contributed by atoms with Gasteiger partial charge < -0.3 is 0 Å². The van der Waals surface area contributed by atoms with Gasteiger partial charge in [-0.3, -0.25) is 9.13 Å². The van der Waals surface area contributed by atoms with E-state index in [1.54, 1.807) is 0 Å². The summed E-state index contributed by atoms with van der Waals surface area (Å²) in [6, 6.07) is 0.500. The Labute approximate surface area is 90.7 Å². The molecule has 1 saturated carbocycles. The Balaban J connectivity index is 2.05. The summed E-state index contributed by atoms with van der Waals surface area (Å²) in [6.45, 7) is 5.27. The molecule has 1 aromatic heterocycles. The van der Waals surface area contributed by atoms with Crippen LogP contribution in [0.5, 0.6) is 0 Å². The number of imidazole rings is 1. The van der Waals surface area contributed by atoms with Crippen LogP contribution in [0.3, 0.4) is 0 Å². The van der Waals surface area contributed by atoms with E-state index in [4.69, 9.17) is 0 Å². The summed E-state index contributed by atoms with van der Waals surface area (Å²) in [4.78, 5) is 11.9. The van der Waals surface area contributed by atoms with Gasteiger partial charge in [0.2, 0.25) is 0 Å². The Morgan fingerprint density at radius 2 is 2.20 bits per heavy atom. The highest BCUT2D eigenvalue weighted by molar-refractivity contribution is 4.91. The van der Waals surface area contributed by atoms with Gasteiger partial charge in [0.1, 0.15) is 0 Å². The van der Waals surface area contributed by atoms with Crippen molar-refractivity contribution in [3.05, 3.63) is 22.9 Å². The second-order valence-corrected chi connectivity index (χ2v) is 4.77. The van der Waals surface area contributed by atoms with Crippen molar-refractivity contribution in [2.24, 2.45) is 5.92 Å². The predicted molar refractivity (Wildman–Crippen MR) is 61.0 cm³/mol. The maximum absolute atomic E-state index is 11.9. The molecule has 0 saturated heterocycles. The average Bonchev–Trinajstić information content (AvgIpc) is 2.96. The molecule has 3 heteroatoms. The SMILES string of the molecule is CCCC(C)Cn1ccn(C2CC2)c1=O. The van der Waals surface area contributed by atoms with Gasteiger partial charge in [0.15, 0.2) is 0 Å². The monoisotopic (exact) mass is 208 g/mol. The maximum atomic E-state index is 11.9. The van der Waals surface area contributed by atoms with Crippen LogP contribution in [0, 0.1) is 5.92 Å². The minimum atomic E-state index is 0.181. The zero-order chi connectivity index (χ0) is 10.8. The molecule has 1 unspecified atom stereocenters. The van der Waals surface area contributed by atoms with Crippen LogP contribution in [-0.4, -0.2) is 9.13 Å². The summed E-state index contributed by atoms with van der Waals surface area (Å²) in [5, 5.41) is 0. The van der Waals surface area contributed by atoms with Crippen LogP contribution in [0.1, 0.15) is 45.6 Å². The van der Waals surface area contributed by atoms with Crippen molar-refractivity contribution >= 4 is 0 Å². The van der Waals surface area contributed by atoms with Crippen molar-refractivity contribution in [2.45, 2.75) is 52.1 Å². The number of hydrogen-bond acceptors (Lipinski definition) is 1. The normalized spacial score (nSPS) is 18.0. The van der Waals surface area contributed by atoms with Crippen LogP contribution in [0.25, 0.3) is 0 Å². The van der Waals surface area contributed by atoms with E-state index in [2.05, 4.69) is 13.8 Å². The Bertz CT molecular complexity index is 373. The predicted octanol–water partition coefficient (Wildman–Crippen LogP) is 2.42. The standard InChI is InChI=1S/C12H20N2O/c1-3-4-10(2)9-13-7-8-14(12(13)15)11-5-6-11/h7-8,10-11H,3-6,9H2,1-2H3. The molecule has 1 heterocycles. The molecule has 1 aliphatic rings. The summed E-state index contributed by atoms with van der Waals surface area (Å²) in [5.74, 6) is 0.600. The molecule has 15 heavy (non-hydrogen) atoms. The molecule has 3 nitrogen and oxygen atoms in total. The van der Waals surface area contributed by atoms with Crippen LogP contribution in [0.15, 0.2) is 17.2 Å². The fourth-order valence-corrected chi connectivity index (χ4v) is 2.12. The van der Waals surface area contributed by atoms with Crippen molar-refractivity contribution in [3.8, 4) is 0 Å². The third-order valence-corrected chi connectivity index (χ3v) is 3.10. The van der Waals surface area contributed by atoms with E-state index in [1.807, 2.05) is 21.5 Å². The Morgan fingerprint density at radius 1 is 1.47 bits per heavy atom. The van der Waals surface area contributed by atoms with Gasteiger partial charge in [0.05, 0.1) is 0 Å². The highest BCUT2D eigenvalue weighted by atomic mass is 16.1.